The van der Waals surface area contributed by atoms with Crippen LogP contribution < -0.4 is 5.73 Å². The third-order valence-corrected chi connectivity index (χ3v) is 2.66. The minimum Gasteiger partial charge on any atom is -0.384 e. The van der Waals surface area contributed by atoms with Crippen LogP contribution in [0.1, 0.15) is 25.0 Å². The summed E-state index contributed by atoms with van der Waals surface area (Å²) >= 11 is 0. The van der Waals surface area contributed by atoms with Crippen LogP contribution in [0.4, 0.5) is 4.39 Å². The number of nitrogens with zero attached hydrogens (tertiary/aromatic N) is 1. The van der Waals surface area contributed by atoms with E-state index in [1.54, 1.807) is 6.07 Å². The molecule has 0 atom stereocenters. The highest BCUT2D eigenvalue weighted by Gasteiger charge is 2.10. The van der Waals surface area contributed by atoms with Crippen molar-refractivity contribution in [2.24, 2.45) is 5.73 Å². The summed E-state index contributed by atoms with van der Waals surface area (Å²) in [5.41, 5.74) is 6.79. The molecule has 16 heavy (non-hydrogen) atoms. The number of amidine groups is 1. The molecule has 0 spiro atoms. The van der Waals surface area contributed by atoms with Crippen LogP contribution in [0.5, 0.6) is 0 Å². The Morgan fingerprint density at radius 1 is 1.50 bits per heavy atom. The van der Waals surface area contributed by atoms with Gasteiger partial charge in [-0.25, -0.2) is 4.39 Å². The van der Waals surface area contributed by atoms with Crippen molar-refractivity contribution >= 4 is 5.84 Å². The smallest absolute Gasteiger partial charge is 0.123 e. The second-order valence-electron chi connectivity index (χ2n) is 4.22. The van der Waals surface area contributed by atoms with Crippen molar-refractivity contribution in [3.8, 4) is 0 Å². The third kappa shape index (κ3) is 3.03. The van der Waals surface area contributed by atoms with E-state index in [-0.39, 0.29) is 11.7 Å². The highest BCUT2D eigenvalue weighted by atomic mass is 19.1. The predicted molar refractivity (Wildman–Crippen MR) is 64.0 cm³/mol. The second-order valence-corrected chi connectivity index (χ2v) is 4.22. The number of benzene rings is 1. The summed E-state index contributed by atoms with van der Waals surface area (Å²) in [5.74, 6) is -0.451. The number of nitrogen functional groups attached to an aromatic ring is 1. The first-order chi connectivity index (χ1) is 7.41. The molecule has 0 unspecified atom stereocenters. The van der Waals surface area contributed by atoms with Crippen LogP contribution in [-0.4, -0.2) is 23.8 Å². The van der Waals surface area contributed by atoms with Crippen LogP contribution in [-0.2, 0) is 6.54 Å². The molecule has 1 aromatic rings. The van der Waals surface area contributed by atoms with Gasteiger partial charge in [-0.15, -0.1) is 0 Å². The zero-order valence-corrected chi connectivity index (χ0v) is 9.92. The third-order valence-electron chi connectivity index (χ3n) is 2.66. The summed E-state index contributed by atoms with van der Waals surface area (Å²) in [5, 5.41) is 7.42. The molecule has 0 amide bonds. The zero-order valence-electron chi connectivity index (χ0n) is 9.92. The number of hydrogen-bond donors (Lipinski definition) is 2. The van der Waals surface area contributed by atoms with Gasteiger partial charge in [-0.2, -0.15) is 0 Å². The molecule has 1 aromatic carbocycles. The number of nitrogens with one attached hydrogen (secondary N) is 1. The predicted octanol–water partition coefficient (Wildman–Crippen LogP) is 1.95. The van der Waals surface area contributed by atoms with Crippen LogP contribution >= 0.6 is 0 Å². The van der Waals surface area contributed by atoms with Gasteiger partial charge in [0.05, 0.1) is 0 Å². The molecule has 0 aliphatic rings. The molecule has 0 aromatic heterocycles. The van der Waals surface area contributed by atoms with E-state index in [9.17, 15) is 4.39 Å². The average molecular weight is 223 g/mol. The first kappa shape index (κ1) is 12.6. The first-order valence-electron chi connectivity index (χ1n) is 5.25. The van der Waals surface area contributed by atoms with Gasteiger partial charge in [0.15, 0.2) is 0 Å². The molecule has 0 fully saturated rings. The highest BCUT2D eigenvalue weighted by molar-refractivity contribution is 5.96. The van der Waals surface area contributed by atoms with E-state index in [0.29, 0.717) is 18.2 Å². The van der Waals surface area contributed by atoms with Crippen molar-refractivity contribution in [3.63, 3.8) is 0 Å². The molecule has 4 heteroatoms. The minimum atomic E-state index is -0.360. The highest BCUT2D eigenvalue weighted by Crippen LogP contribution is 2.14. The maximum Gasteiger partial charge on any atom is 0.123 e. The number of nitrogens with two attached hydrogens (primary N) is 1. The summed E-state index contributed by atoms with van der Waals surface area (Å²) in [4.78, 5) is 2.11. The molecule has 0 aliphatic carbocycles. The molecule has 0 radical (unpaired) electrons. The van der Waals surface area contributed by atoms with Crippen LogP contribution in [0.2, 0.25) is 0 Å². The molecule has 0 aliphatic heterocycles. The van der Waals surface area contributed by atoms with Crippen molar-refractivity contribution in [1.29, 1.82) is 5.41 Å². The lowest BCUT2D eigenvalue weighted by atomic mass is 10.1. The quantitative estimate of drug-likeness (QED) is 0.605. The van der Waals surface area contributed by atoms with Gasteiger partial charge in [0.25, 0.3) is 0 Å². The van der Waals surface area contributed by atoms with E-state index >= 15 is 0 Å². The number of rotatable bonds is 4. The Morgan fingerprint density at radius 3 is 2.62 bits per heavy atom. The molecule has 0 saturated heterocycles. The Balaban J connectivity index is 2.99. The lowest BCUT2D eigenvalue weighted by Gasteiger charge is -2.22. The Kier molecular flexibility index (Phi) is 4.01. The summed E-state index contributed by atoms with van der Waals surface area (Å²) in [6.07, 6.45) is 0. The Hall–Kier alpha value is -1.42. The van der Waals surface area contributed by atoms with Gasteiger partial charge in [0, 0.05) is 18.2 Å². The van der Waals surface area contributed by atoms with Crippen LogP contribution in [0.3, 0.4) is 0 Å². The monoisotopic (exact) mass is 223 g/mol. The Morgan fingerprint density at radius 2 is 2.12 bits per heavy atom. The van der Waals surface area contributed by atoms with Crippen LogP contribution in [0, 0.1) is 11.2 Å². The van der Waals surface area contributed by atoms with Gasteiger partial charge in [0.2, 0.25) is 0 Å². The van der Waals surface area contributed by atoms with Crippen molar-refractivity contribution in [3.05, 3.63) is 35.1 Å². The fraction of sp³-hybridized carbons (Fsp3) is 0.417. The number of halogens is 1. The molecule has 88 valence electrons. The normalized spacial score (nSPS) is 11.1. The molecule has 1 rings (SSSR count). The molecule has 0 bridgehead atoms. The zero-order chi connectivity index (χ0) is 12.3. The van der Waals surface area contributed by atoms with Gasteiger partial charge in [-0.1, -0.05) is 6.07 Å². The summed E-state index contributed by atoms with van der Waals surface area (Å²) in [7, 11) is 1.98. The first-order valence-corrected chi connectivity index (χ1v) is 5.25. The molecule has 3 nitrogen and oxygen atoms in total. The van der Waals surface area contributed by atoms with Gasteiger partial charge in [0.1, 0.15) is 11.7 Å². The van der Waals surface area contributed by atoms with E-state index in [4.69, 9.17) is 11.1 Å². The molecule has 3 N–H and O–H groups in total. The molecule has 0 saturated carbocycles. The molecule has 0 heterocycles. The van der Waals surface area contributed by atoms with Crippen LogP contribution in [0.15, 0.2) is 18.2 Å². The van der Waals surface area contributed by atoms with E-state index in [1.165, 1.54) is 12.1 Å². The van der Waals surface area contributed by atoms with Gasteiger partial charge in [-0.3, -0.25) is 10.3 Å². The molecular formula is C12H18FN3. The Labute approximate surface area is 95.6 Å². The average Bonchev–Trinajstić information content (AvgIpc) is 2.20. The fourth-order valence-electron chi connectivity index (χ4n) is 1.39. The van der Waals surface area contributed by atoms with Gasteiger partial charge in [-0.05, 0) is 38.6 Å². The van der Waals surface area contributed by atoms with Crippen molar-refractivity contribution in [2.45, 2.75) is 26.4 Å². The van der Waals surface area contributed by atoms with Gasteiger partial charge < -0.3 is 5.73 Å². The lowest BCUT2D eigenvalue weighted by Crippen LogP contribution is -2.27. The summed E-state index contributed by atoms with van der Waals surface area (Å²) in [6.45, 7) is 4.82. The van der Waals surface area contributed by atoms with E-state index in [2.05, 4.69) is 18.7 Å². The summed E-state index contributed by atoms with van der Waals surface area (Å²) in [6, 6.07) is 4.79. The molecular weight excluding hydrogens is 205 g/mol. The van der Waals surface area contributed by atoms with Crippen molar-refractivity contribution in [1.82, 2.24) is 4.90 Å². The van der Waals surface area contributed by atoms with E-state index in [0.717, 1.165) is 5.56 Å². The SMILES string of the molecule is CC(C)N(C)Cc1ccc(F)cc1C(=N)N. The van der Waals surface area contributed by atoms with E-state index < -0.39 is 0 Å². The number of hydrogen-bond acceptors (Lipinski definition) is 2. The largest absolute Gasteiger partial charge is 0.384 e. The maximum absolute atomic E-state index is 13.0. The Bertz CT molecular complexity index is 388. The van der Waals surface area contributed by atoms with E-state index in [1.807, 2.05) is 7.05 Å². The maximum atomic E-state index is 13.0. The standard InChI is InChI=1S/C12H18FN3/c1-8(2)16(3)7-9-4-5-10(13)6-11(9)12(14)15/h4-6,8H,7H2,1-3H3,(H3,14,15). The van der Waals surface area contributed by atoms with Crippen molar-refractivity contribution < 1.29 is 4.39 Å². The second kappa shape index (κ2) is 5.07. The van der Waals surface area contributed by atoms with Crippen molar-refractivity contribution in [2.75, 3.05) is 7.05 Å². The minimum absolute atomic E-state index is 0.0911. The topological polar surface area (TPSA) is 53.1 Å². The fourth-order valence-corrected chi connectivity index (χ4v) is 1.39. The lowest BCUT2D eigenvalue weighted by molar-refractivity contribution is 0.265. The summed E-state index contributed by atoms with van der Waals surface area (Å²) < 4.78 is 13.0. The van der Waals surface area contributed by atoms with Gasteiger partial charge >= 0.3 is 0 Å². The van der Waals surface area contributed by atoms with Crippen LogP contribution in [0.25, 0.3) is 0 Å².